The van der Waals surface area contributed by atoms with E-state index in [1.54, 1.807) is 6.07 Å². The van der Waals surface area contributed by atoms with Gasteiger partial charge < -0.3 is 14.7 Å². The Morgan fingerprint density at radius 1 is 1.53 bits per heavy atom. The Kier molecular flexibility index (Phi) is 3.44. The maximum absolute atomic E-state index is 10.2. The highest BCUT2D eigenvalue weighted by atomic mass is 16.9. The van der Waals surface area contributed by atoms with Gasteiger partial charge in [0.1, 0.15) is 12.4 Å². The summed E-state index contributed by atoms with van der Waals surface area (Å²) in [7, 11) is 0. The van der Waals surface area contributed by atoms with E-state index in [1.165, 1.54) is 18.2 Å². The number of carbonyl (C=O) groups is 1. The van der Waals surface area contributed by atoms with Crippen molar-refractivity contribution < 1.29 is 24.6 Å². The third kappa shape index (κ3) is 3.94. The van der Waals surface area contributed by atoms with Gasteiger partial charge in [-0.05, 0) is 17.7 Å². The minimum absolute atomic E-state index is 0.0898. The molecule has 0 atom stereocenters. The van der Waals surface area contributed by atoms with Gasteiger partial charge in [-0.3, -0.25) is 0 Å². The van der Waals surface area contributed by atoms with Gasteiger partial charge >= 0.3 is 6.16 Å². The predicted molar refractivity (Wildman–Crippen MR) is 46.9 cm³/mol. The largest absolute Gasteiger partial charge is 0.511 e. The van der Waals surface area contributed by atoms with Crippen LogP contribution in [0.5, 0.6) is 5.75 Å². The molecule has 0 radical (unpaired) electrons. The molecule has 1 aromatic rings. The van der Waals surface area contributed by atoms with Crippen LogP contribution >= 0.6 is 0 Å². The smallest absolute Gasteiger partial charge is 0.449 e. The number of hydrogen-bond donors (Lipinski definition) is 1. The first-order chi connectivity index (χ1) is 7.08. The van der Waals surface area contributed by atoms with Gasteiger partial charge in [0.25, 0.3) is 5.09 Å². The minimum atomic E-state index is -1.44. The fourth-order valence-electron chi connectivity index (χ4n) is 0.927. The minimum Gasteiger partial charge on any atom is -0.449 e. The first-order valence-corrected chi connectivity index (χ1v) is 3.85. The summed E-state index contributed by atoms with van der Waals surface area (Å²) in [5.41, 5.74) is 0.449. The Hall–Kier alpha value is -2.31. The molecule has 0 spiro atoms. The van der Waals surface area contributed by atoms with Gasteiger partial charge in [0.2, 0.25) is 0 Å². The molecule has 0 amide bonds. The molecule has 7 nitrogen and oxygen atoms in total. The zero-order chi connectivity index (χ0) is 11.3. The molecule has 0 aliphatic carbocycles. The molecule has 0 bridgehead atoms. The molecule has 0 saturated heterocycles. The van der Waals surface area contributed by atoms with Crippen molar-refractivity contribution in [2.75, 3.05) is 0 Å². The van der Waals surface area contributed by atoms with Crippen LogP contribution in [0, 0.1) is 10.1 Å². The molecule has 0 unspecified atom stereocenters. The molecule has 15 heavy (non-hydrogen) atoms. The monoisotopic (exact) mass is 213 g/mol. The molecule has 80 valence electrons. The number of benzene rings is 1. The van der Waals surface area contributed by atoms with E-state index in [2.05, 4.69) is 9.57 Å². The van der Waals surface area contributed by atoms with Gasteiger partial charge in [0, 0.05) is 0 Å². The Balaban J connectivity index is 2.65. The molecule has 0 aromatic heterocycles. The summed E-state index contributed by atoms with van der Waals surface area (Å²) in [5, 5.41) is 17.3. The fourth-order valence-corrected chi connectivity index (χ4v) is 0.927. The lowest BCUT2D eigenvalue weighted by Crippen LogP contribution is -2.04. The summed E-state index contributed by atoms with van der Waals surface area (Å²) in [6, 6.07) is 5.83. The lowest BCUT2D eigenvalue weighted by atomic mass is 10.2. The molecular formula is C8H7NO6. The van der Waals surface area contributed by atoms with Crippen LogP contribution in [0.3, 0.4) is 0 Å². The van der Waals surface area contributed by atoms with E-state index in [0.717, 1.165) is 0 Å². The Labute approximate surface area is 84.0 Å². The molecule has 1 aromatic carbocycles. The van der Waals surface area contributed by atoms with Crippen molar-refractivity contribution in [3.8, 4) is 5.75 Å². The van der Waals surface area contributed by atoms with E-state index in [0.29, 0.717) is 5.56 Å². The molecule has 0 aliphatic rings. The highest BCUT2D eigenvalue weighted by Gasteiger charge is 2.03. The normalized spacial score (nSPS) is 9.33. The Bertz CT molecular complexity index is 377. The Morgan fingerprint density at radius 3 is 2.87 bits per heavy atom. The summed E-state index contributed by atoms with van der Waals surface area (Å²) < 4.78 is 4.35. The average Bonchev–Trinajstić information content (AvgIpc) is 2.14. The number of hydrogen-bond acceptors (Lipinski definition) is 5. The fraction of sp³-hybridized carbons (Fsp3) is 0.125. The second kappa shape index (κ2) is 4.80. The highest BCUT2D eigenvalue weighted by Crippen LogP contribution is 2.14. The van der Waals surface area contributed by atoms with Crippen molar-refractivity contribution in [1.29, 1.82) is 0 Å². The molecule has 0 heterocycles. The van der Waals surface area contributed by atoms with Gasteiger partial charge in [0.15, 0.2) is 0 Å². The predicted octanol–water partition coefficient (Wildman–Crippen LogP) is 1.45. The highest BCUT2D eigenvalue weighted by molar-refractivity contribution is 5.61. The van der Waals surface area contributed by atoms with Crippen molar-refractivity contribution in [1.82, 2.24) is 0 Å². The number of nitrogens with zero attached hydrogens (tertiary/aromatic N) is 1. The van der Waals surface area contributed by atoms with Gasteiger partial charge in [-0.2, -0.15) is 0 Å². The number of rotatable bonds is 4. The van der Waals surface area contributed by atoms with Crippen LogP contribution in [0.1, 0.15) is 5.56 Å². The van der Waals surface area contributed by atoms with Gasteiger partial charge in [-0.15, -0.1) is 10.1 Å². The van der Waals surface area contributed by atoms with Crippen LogP contribution in [-0.2, 0) is 11.4 Å². The van der Waals surface area contributed by atoms with Gasteiger partial charge in [-0.1, -0.05) is 12.1 Å². The molecule has 0 fully saturated rings. The maximum atomic E-state index is 10.2. The van der Waals surface area contributed by atoms with Crippen molar-refractivity contribution in [3.05, 3.63) is 39.9 Å². The Morgan fingerprint density at radius 2 is 2.27 bits per heavy atom. The molecule has 1 rings (SSSR count). The van der Waals surface area contributed by atoms with E-state index in [-0.39, 0.29) is 12.4 Å². The zero-order valence-electron chi connectivity index (χ0n) is 7.45. The summed E-state index contributed by atoms with van der Waals surface area (Å²) in [6.07, 6.45) is -1.44. The second-order valence-corrected chi connectivity index (χ2v) is 2.51. The molecule has 7 heteroatoms. The molecule has 1 N–H and O–H groups in total. The first kappa shape index (κ1) is 10.8. The van der Waals surface area contributed by atoms with Crippen molar-refractivity contribution in [3.63, 3.8) is 0 Å². The lowest BCUT2D eigenvalue weighted by molar-refractivity contribution is -0.763. The van der Waals surface area contributed by atoms with Crippen LogP contribution < -0.4 is 4.74 Å². The SMILES string of the molecule is O=C(O)Oc1cccc(CO[N+](=O)[O-])c1. The number of ether oxygens (including phenoxy) is 1. The summed E-state index contributed by atoms with van der Waals surface area (Å²) in [5.74, 6) is 0.0898. The second-order valence-electron chi connectivity index (χ2n) is 2.51. The summed E-state index contributed by atoms with van der Waals surface area (Å²) in [4.78, 5) is 24.2. The van der Waals surface area contributed by atoms with Crippen LogP contribution in [0.2, 0.25) is 0 Å². The van der Waals surface area contributed by atoms with Crippen LogP contribution in [-0.4, -0.2) is 16.3 Å². The third-order valence-corrected chi connectivity index (χ3v) is 1.44. The number of carboxylic acid groups (broad SMARTS) is 1. The first-order valence-electron chi connectivity index (χ1n) is 3.85. The quantitative estimate of drug-likeness (QED) is 0.351. The van der Waals surface area contributed by atoms with E-state index in [1.807, 2.05) is 0 Å². The van der Waals surface area contributed by atoms with Crippen LogP contribution in [0.4, 0.5) is 4.79 Å². The van der Waals surface area contributed by atoms with E-state index >= 15 is 0 Å². The van der Waals surface area contributed by atoms with E-state index in [9.17, 15) is 14.9 Å². The zero-order valence-corrected chi connectivity index (χ0v) is 7.45. The van der Waals surface area contributed by atoms with Gasteiger partial charge in [-0.25, -0.2) is 4.79 Å². The third-order valence-electron chi connectivity index (χ3n) is 1.44. The summed E-state index contributed by atoms with van der Waals surface area (Å²) >= 11 is 0. The standard InChI is InChI=1S/C8H7NO6/c10-8(11)15-7-3-1-2-6(4-7)5-14-9(12)13/h1-4H,5H2,(H,10,11). The molecule has 0 aliphatic heterocycles. The van der Waals surface area contributed by atoms with Crippen molar-refractivity contribution in [2.24, 2.45) is 0 Å². The van der Waals surface area contributed by atoms with E-state index < -0.39 is 11.2 Å². The van der Waals surface area contributed by atoms with Crippen molar-refractivity contribution in [2.45, 2.75) is 6.61 Å². The molecule has 0 saturated carbocycles. The lowest BCUT2D eigenvalue weighted by Gasteiger charge is -2.02. The topological polar surface area (TPSA) is 98.9 Å². The maximum Gasteiger partial charge on any atom is 0.511 e. The summed E-state index contributed by atoms with van der Waals surface area (Å²) in [6.45, 7) is -0.246. The average molecular weight is 213 g/mol. The van der Waals surface area contributed by atoms with Crippen molar-refractivity contribution >= 4 is 6.16 Å². The van der Waals surface area contributed by atoms with E-state index in [4.69, 9.17) is 5.11 Å². The van der Waals surface area contributed by atoms with Gasteiger partial charge in [0.05, 0.1) is 0 Å². The van der Waals surface area contributed by atoms with Crippen LogP contribution in [0.25, 0.3) is 0 Å². The van der Waals surface area contributed by atoms with Crippen LogP contribution in [0.15, 0.2) is 24.3 Å². The molecular weight excluding hydrogens is 206 g/mol.